The molecule has 1 amide bonds. The van der Waals surface area contributed by atoms with E-state index in [0.717, 1.165) is 35.9 Å². The predicted molar refractivity (Wildman–Crippen MR) is 89.2 cm³/mol. The summed E-state index contributed by atoms with van der Waals surface area (Å²) < 4.78 is 0. The topological polar surface area (TPSA) is 61.0 Å². The second-order valence-corrected chi connectivity index (χ2v) is 6.75. The standard InChI is InChI=1S/C16H22N4OS/c1-3-20-6-4-5-13(20)9-18-16(21)14-7-12(8-17-14)15-10-22-11(2)19-15/h7-8,10,13,17H,3-6,9H2,1-2H3,(H,18,21)/t13-/m0/s1. The van der Waals surface area contributed by atoms with Gasteiger partial charge in [0.05, 0.1) is 10.7 Å². The Hall–Kier alpha value is -1.66. The van der Waals surface area contributed by atoms with Crippen molar-refractivity contribution in [1.29, 1.82) is 0 Å². The lowest BCUT2D eigenvalue weighted by Gasteiger charge is -2.22. The van der Waals surface area contributed by atoms with Crippen LogP contribution in [-0.4, -0.2) is 46.5 Å². The number of likely N-dealkylation sites (N-methyl/N-ethyl adjacent to an activating group) is 1. The number of hydrogen-bond acceptors (Lipinski definition) is 4. The van der Waals surface area contributed by atoms with E-state index in [9.17, 15) is 4.79 Å². The van der Waals surface area contributed by atoms with Gasteiger partial charge in [0.15, 0.2) is 0 Å². The maximum absolute atomic E-state index is 12.3. The van der Waals surface area contributed by atoms with Gasteiger partial charge in [-0.25, -0.2) is 4.98 Å². The van der Waals surface area contributed by atoms with Crippen LogP contribution < -0.4 is 5.32 Å². The molecule has 5 nitrogen and oxygen atoms in total. The molecule has 118 valence electrons. The molecule has 3 heterocycles. The van der Waals surface area contributed by atoms with E-state index in [2.05, 4.69) is 27.1 Å². The molecule has 22 heavy (non-hydrogen) atoms. The molecule has 0 spiro atoms. The van der Waals surface area contributed by atoms with Crippen LogP contribution in [-0.2, 0) is 0 Å². The van der Waals surface area contributed by atoms with Crippen LogP contribution in [0.15, 0.2) is 17.6 Å². The Morgan fingerprint density at radius 1 is 1.59 bits per heavy atom. The summed E-state index contributed by atoms with van der Waals surface area (Å²) in [6.07, 6.45) is 4.24. The zero-order valence-electron chi connectivity index (χ0n) is 13.1. The number of carbonyl (C=O) groups is 1. The van der Waals surface area contributed by atoms with Gasteiger partial charge in [0, 0.05) is 29.7 Å². The molecule has 6 heteroatoms. The van der Waals surface area contributed by atoms with Crippen molar-refractivity contribution >= 4 is 17.2 Å². The Balaban J connectivity index is 1.60. The maximum Gasteiger partial charge on any atom is 0.267 e. The predicted octanol–water partition coefficient (Wildman–Crippen LogP) is 2.66. The fourth-order valence-corrected chi connectivity index (χ4v) is 3.64. The number of aryl methyl sites for hydroxylation is 1. The first-order valence-corrected chi connectivity index (χ1v) is 8.68. The van der Waals surface area contributed by atoms with E-state index in [1.165, 1.54) is 12.8 Å². The number of nitrogens with one attached hydrogen (secondary N) is 2. The number of rotatable bonds is 5. The Kier molecular flexibility index (Phi) is 4.59. The van der Waals surface area contributed by atoms with E-state index in [1.807, 2.05) is 24.6 Å². The van der Waals surface area contributed by atoms with Gasteiger partial charge in [0.2, 0.25) is 0 Å². The molecule has 1 aliphatic heterocycles. The molecule has 2 N–H and O–H groups in total. The van der Waals surface area contributed by atoms with E-state index in [0.29, 0.717) is 11.7 Å². The summed E-state index contributed by atoms with van der Waals surface area (Å²) in [4.78, 5) is 22.2. The van der Waals surface area contributed by atoms with Crippen LogP contribution in [0.25, 0.3) is 11.3 Å². The van der Waals surface area contributed by atoms with Crippen LogP contribution in [0, 0.1) is 6.92 Å². The van der Waals surface area contributed by atoms with Gasteiger partial charge in [-0.1, -0.05) is 6.92 Å². The Morgan fingerprint density at radius 2 is 2.45 bits per heavy atom. The quantitative estimate of drug-likeness (QED) is 0.891. The van der Waals surface area contributed by atoms with Crippen LogP contribution >= 0.6 is 11.3 Å². The Bertz CT molecular complexity index is 648. The number of carbonyl (C=O) groups excluding carboxylic acids is 1. The van der Waals surface area contributed by atoms with Crippen LogP contribution in [0.1, 0.15) is 35.3 Å². The van der Waals surface area contributed by atoms with Crippen molar-refractivity contribution in [3.8, 4) is 11.3 Å². The molecule has 2 aromatic rings. The Labute approximate surface area is 134 Å². The molecule has 1 saturated heterocycles. The van der Waals surface area contributed by atoms with E-state index in [1.54, 1.807) is 11.3 Å². The van der Waals surface area contributed by atoms with E-state index in [-0.39, 0.29) is 5.91 Å². The summed E-state index contributed by atoms with van der Waals surface area (Å²) in [5.74, 6) is -0.0406. The smallest absolute Gasteiger partial charge is 0.267 e. The third-order valence-corrected chi connectivity index (χ3v) is 5.02. The van der Waals surface area contributed by atoms with Crippen molar-refractivity contribution < 1.29 is 4.79 Å². The number of amides is 1. The number of hydrogen-bond donors (Lipinski definition) is 2. The summed E-state index contributed by atoms with van der Waals surface area (Å²) in [7, 11) is 0. The molecule has 2 aromatic heterocycles. The largest absolute Gasteiger partial charge is 0.357 e. The van der Waals surface area contributed by atoms with Crippen molar-refractivity contribution in [2.45, 2.75) is 32.7 Å². The molecule has 0 unspecified atom stereocenters. The van der Waals surface area contributed by atoms with E-state index < -0.39 is 0 Å². The average molecular weight is 318 g/mol. The molecule has 1 fully saturated rings. The third-order valence-electron chi connectivity index (χ3n) is 4.25. The molecule has 1 atom stereocenters. The first-order chi connectivity index (χ1) is 10.7. The highest BCUT2D eigenvalue weighted by Gasteiger charge is 2.23. The second-order valence-electron chi connectivity index (χ2n) is 5.69. The number of likely N-dealkylation sites (tertiary alicyclic amines) is 1. The lowest BCUT2D eigenvalue weighted by atomic mass is 10.2. The highest BCUT2D eigenvalue weighted by Crippen LogP contribution is 2.22. The van der Waals surface area contributed by atoms with Gasteiger partial charge >= 0.3 is 0 Å². The van der Waals surface area contributed by atoms with Crippen LogP contribution in [0.4, 0.5) is 0 Å². The van der Waals surface area contributed by atoms with Crippen molar-refractivity contribution in [2.75, 3.05) is 19.6 Å². The SMILES string of the molecule is CCN1CCC[C@H]1CNC(=O)c1cc(-c2csc(C)n2)c[nH]1. The molecule has 0 radical (unpaired) electrons. The highest BCUT2D eigenvalue weighted by atomic mass is 32.1. The van der Waals surface area contributed by atoms with Gasteiger partial charge in [0.1, 0.15) is 5.69 Å². The summed E-state index contributed by atoms with van der Waals surface area (Å²) in [6, 6.07) is 2.35. The molecule has 1 aliphatic rings. The molecule has 0 bridgehead atoms. The van der Waals surface area contributed by atoms with Gasteiger partial charge in [-0.05, 0) is 38.9 Å². The Morgan fingerprint density at radius 3 is 3.18 bits per heavy atom. The fraction of sp³-hybridized carbons (Fsp3) is 0.500. The summed E-state index contributed by atoms with van der Waals surface area (Å²) in [5, 5.41) is 6.09. The van der Waals surface area contributed by atoms with Gasteiger partial charge in [0.25, 0.3) is 5.91 Å². The summed E-state index contributed by atoms with van der Waals surface area (Å²) in [6.45, 7) is 7.07. The maximum atomic E-state index is 12.3. The number of thiazole rings is 1. The lowest BCUT2D eigenvalue weighted by Crippen LogP contribution is -2.40. The van der Waals surface area contributed by atoms with Gasteiger partial charge < -0.3 is 10.3 Å². The first-order valence-electron chi connectivity index (χ1n) is 7.80. The molecular weight excluding hydrogens is 296 g/mol. The minimum absolute atomic E-state index is 0.0406. The fourth-order valence-electron chi connectivity index (χ4n) is 3.02. The van der Waals surface area contributed by atoms with Gasteiger partial charge in [-0.2, -0.15) is 0 Å². The highest BCUT2D eigenvalue weighted by molar-refractivity contribution is 7.09. The van der Waals surface area contributed by atoms with Crippen molar-refractivity contribution in [1.82, 2.24) is 20.2 Å². The normalized spacial score (nSPS) is 18.7. The molecular formula is C16H22N4OS. The summed E-state index contributed by atoms with van der Waals surface area (Å²) >= 11 is 1.62. The number of H-pyrrole nitrogens is 1. The van der Waals surface area contributed by atoms with Crippen molar-refractivity contribution in [3.05, 3.63) is 28.3 Å². The van der Waals surface area contributed by atoms with Crippen molar-refractivity contribution in [2.24, 2.45) is 0 Å². The van der Waals surface area contributed by atoms with Gasteiger partial charge in [-0.3, -0.25) is 9.69 Å². The minimum Gasteiger partial charge on any atom is -0.357 e. The molecule has 0 aromatic carbocycles. The van der Waals surface area contributed by atoms with E-state index >= 15 is 0 Å². The van der Waals surface area contributed by atoms with E-state index in [4.69, 9.17) is 0 Å². The monoisotopic (exact) mass is 318 g/mol. The molecule has 0 saturated carbocycles. The number of aromatic amines is 1. The van der Waals surface area contributed by atoms with Crippen LogP contribution in [0.5, 0.6) is 0 Å². The van der Waals surface area contributed by atoms with Crippen LogP contribution in [0.2, 0.25) is 0 Å². The zero-order valence-corrected chi connectivity index (χ0v) is 13.9. The molecule has 3 rings (SSSR count). The van der Waals surface area contributed by atoms with Crippen LogP contribution in [0.3, 0.4) is 0 Å². The number of nitrogens with zero attached hydrogens (tertiary/aromatic N) is 2. The van der Waals surface area contributed by atoms with Gasteiger partial charge in [-0.15, -0.1) is 11.3 Å². The third kappa shape index (κ3) is 3.23. The molecule has 0 aliphatic carbocycles. The zero-order chi connectivity index (χ0) is 15.5. The minimum atomic E-state index is -0.0406. The first kappa shape index (κ1) is 15.2. The number of aromatic nitrogens is 2. The average Bonchev–Trinajstić information content (AvgIpc) is 3.24. The summed E-state index contributed by atoms with van der Waals surface area (Å²) in [5.41, 5.74) is 2.48. The lowest BCUT2D eigenvalue weighted by molar-refractivity contribution is 0.0937. The second kappa shape index (κ2) is 6.62. The van der Waals surface area contributed by atoms with Crippen molar-refractivity contribution in [3.63, 3.8) is 0 Å².